The van der Waals surface area contributed by atoms with Gasteiger partial charge in [0.25, 0.3) is 5.78 Å². The summed E-state index contributed by atoms with van der Waals surface area (Å²) in [5.74, 6) is -3.82. The lowest BCUT2D eigenvalue weighted by Crippen LogP contribution is -2.36. The number of ketones is 1. The van der Waals surface area contributed by atoms with Gasteiger partial charge in [0.1, 0.15) is 0 Å². The van der Waals surface area contributed by atoms with Crippen molar-refractivity contribution in [1.29, 1.82) is 0 Å². The van der Waals surface area contributed by atoms with Crippen molar-refractivity contribution in [3.8, 4) is 0 Å². The molecule has 0 amide bonds. The third-order valence-corrected chi connectivity index (χ3v) is 1.06. The first kappa shape index (κ1) is 10.6. The molecule has 0 aliphatic carbocycles. The molecule has 0 aliphatic rings. The number of carbonyl (C=O) groups excluding carboxylic acids is 3. The van der Waals surface area contributed by atoms with Gasteiger partial charge in [0.15, 0.2) is 0 Å². The fourth-order valence-electron chi connectivity index (χ4n) is 0.431. The molecule has 0 radical (unpaired) electrons. The van der Waals surface area contributed by atoms with Crippen molar-refractivity contribution in [1.82, 2.24) is 0 Å². The summed E-state index contributed by atoms with van der Waals surface area (Å²) in [7, 11) is 1.94. The summed E-state index contributed by atoms with van der Waals surface area (Å²) in [6, 6.07) is 0. The second-order valence-corrected chi connectivity index (χ2v) is 1.78. The van der Waals surface area contributed by atoms with Gasteiger partial charge in [-0.1, -0.05) is 0 Å². The van der Waals surface area contributed by atoms with Gasteiger partial charge >= 0.3 is 11.9 Å². The fraction of sp³-hybridized carbons (Fsp3) is 0.500. The third-order valence-electron chi connectivity index (χ3n) is 1.06. The van der Waals surface area contributed by atoms with E-state index in [9.17, 15) is 14.4 Å². The van der Waals surface area contributed by atoms with Gasteiger partial charge in [0, 0.05) is 0 Å². The van der Waals surface area contributed by atoms with Crippen LogP contribution in [0.1, 0.15) is 0 Å². The summed E-state index contributed by atoms with van der Waals surface area (Å²) in [4.78, 5) is 31.6. The SMILES string of the molecule is COC(=O)C(=O)[C@@H](O)C(=O)OC. The van der Waals surface area contributed by atoms with Crippen LogP contribution in [0.2, 0.25) is 0 Å². The molecule has 1 atom stereocenters. The number of aliphatic hydroxyl groups is 1. The van der Waals surface area contributed by atoms with Gasteiger partial charge in [-0.15, -0.1) is 0 Å². The Morgan fingerprint density at radius 1 is 1.17 bits per heavy atom. The van der Waals surface area contributed by atoms with E-state index in [1.54, 1.807) is 0 Å². The van der Waals surface area contributed by atoms with Crippen LogP contribution >= 0.6 is 0 Å². The van der Waals surface area contributed by atoms with Gasteiger partial charge in [-0.25, -0.2) is 9.59 Å². The molecule has 6 heteroatoms. The highest BCUT2D eigenvalue weighted by Crippen LogP contribution is 1.91. The van der Waals surface area contributed by atoms with Gasteiger partial charge in [0.05, 0.1) is 14.2 Å². The Bertz CT molecular complexity index is 208. The quantitative estimate of drug-likeness (QED) is 0.312. The van der Waals surface area contributed by atoms with Crippen LogP contribution in [0.15, 0.2) is 0 Å². The van der Waals surface area contributed by atoms with E-state index in [0.29, 0.717) is 0 Å². The van der Waals surface area contributed by atoms with Crippen LogP contribution in [0.3, 0.4) is 0 Å². The first-order valence-corrected chi connectivity index (χ1v) is 2.92. The van der Waals surface area contributed by atoms with Crippen LogP contribution in [-0.2, 0) is 23.9 Å². The molecule has 0 heterocycles. The molecule has 0 aliphatic heterocycles. The van der Waals surface area contributed by atoms with Crippen LogP contribution in [0.25, 0.3) is 0 Å². The molecule has 6 nitrogen and oxygen atoms in total. The first-order valence-electron chi connectivity index (χ1n) is 2.92. The van der Waals surface area contributed by atoms with Crippen molar-refractivity contribution in [3.63, 3.8) is 0 Å². The van der Waals surface area contributed by atoms with Crippen LogP contribution in [0, 0.1) is 0 Å². The van der Waals surface area contributed by atoms with Crippen molar-refractivity contribution in [2.24, 2.45) is 0 Å². The second kappa shape index (κ2) is 4.45. The van der Waals surface area contributed by atoms with Crippen molar-refractivity contribution in [2.75, 3.05) is 14.2 Å². The Kier molecular flexibility index (Phi) is 3.92. The highest BCUT2D eigenvalue weighted by Gasteiger charge is 2.30. The summed E-state index contributed by atoms with van der Waals surface area (Å²) < 4.78 is 7.98. The molecule has 0 saturated carbocycles. The number of methoxy groups -OCH3 is 2. The highest BCUT2D eigenvalue weighted by molar-refractivity contribution is 6.39. The zero-order valence-electron chi connectivity index (χ0n) is 6.57. The number of rotatable bonds is 3. The molecule has 0 rings (SSSR count). The zero-order chi connectivity index (χ0) is 9.72. The van der Waals surface area contributed by atoms with Gasteiger partial charge < -0.3 is 14.6 Å². The van der Waals surface area contributed by atoms with Crippen molar-refractivity contribution in [2.45, 2.75) is 6.10 Å². The smallest absolute Gasteiger partial charge is 0.377 e. The fourth-order valence-corrected chi connectivity index (χ4v) is 0.431. The lowest BCUT2D eigenvalue weighted by molar-refractivity contribution is -0.164. The minimum atomic E-state index is -2.09. The molecule has 12 heavy (non-hydrogen) atoms. The summed E-state index contributed by atoms with van der Waals surface area (Å²) in [6.07, 6.45) is -2.09. The monoisotopic (exact) mass is 176 g/mol. The Balaban J connectivity index is 4.29. The number of carbonyl (C=O) groups is 3. The maximum atomic E-state index is 10.6. The van der Waals surface area contributed by atoms with Crippen LogP contribution < -0.4 is 0 Å². The lowest BCUT2D eigenvalue weighted by atomic mass is 10.2. The average molecular weight is 176 g/mol. The van der Waals surface area contributed by atoms with Crippen LogP contribution in [0.4, 0.5) is 0 Å². The van der Waals surface area contributed by atoms with Gasteiger partial charge in [-0.05, 0) is 0 Å². The molecular weight excluding hydrogens is 168 g/mol. The van der Waals surface area contributed by atoms with Crippen molar-refractivity contribution < 1.29 is 29.0 Å². The predicted octanol–water partition coefficient (Wildman–Crippen LogP) is -1.74. The Morgan fingerprint density at radius 2 is 1.67 bits per heavy atom. The standard InChI is InChI=1S/C6H8O6/c1-11-5(9)3(7)4(8)6(10)12-2/h3,7H,1-2H3/t3-/m1/s1. The molecule has 0 saturated heterocycles. The van der Waals surface area contributed by atoms with E-state index < -0.39 is 23.8 Å². The largest absolute Gasteiger partial charge is 0.467 e. The number of hydrogen-bond acceptors (Lipinski definition) is 6. The van der Waals surface area contributed by atoms with Gasteiger partial charge in [0.2, 0.25) is 6.10 Å². The zero-order valence-corrected chi connectivity index (χ0v) is 6.57. The lowest BCUT2D eigenvalue weighted by Gasteiger charge is -2.04. The Labute approximate surface area is 68.1 Å². The van der Waals surface area contributed by atoms with E-state index in [1.807, 2.05) is 0 Å². The molecule has 0 unspecified atom stereocenters. The maximum Gasteiger partial charge on any atom is 0.377 e. The molecule has 0 aromatic rings. The number of hydrogen-bond donors (Lipinski definition) is 1. The molecule has 0 aromatic heterocycles. The molecule has 1 N–H and O–H groups in total. The second-order valence-electron chi connectivity index (χ2n) is 1.78. The van der Waals surface area contributed by atoms with E-state index in [-0.39, 0.29) is 0 Å². The van der Waals surface area contributed by atoms with Crippen molar-refractivity contribution >= 4 is 17.7 Å². The summed E-state index contributed by atoms with van der Waals surface area (Å²) >= 11 is 0. The summed E-state index contributed by atoms with van der Waals surface area (Å²) in [5.41, 5.74) is 0. The summed E-state index contributed by atoms with van der Waals surface area (Å²) in [6.45, 7) is 0. The Morgan fingerprint density at radius 3 is 2.00 bits per heavy atom. The molecular formula is C6H8O6. The molecule has 68 valence electrons. The number of ether oxygens (including phenoxy) is 2. The summed E-state index contributed by atoms with van der Waals surface area (Å²) in [5, 5.41) is 8.76. The number of aliphatic hydroxyl groups excluding tert-OH is 1. The van der Waals surface area contributed by atoms with Crippen LogP contribution in [-0.4, -0.2) is 43.2 Å². The molecule has 0 fully saturated rings. The van der Waals surface area contributed by atoms with Crippen LogP contribution in [0.5, 0.6) is 0 Å². The minimum Gasteiger partial charge on any atom is -0.467 e. The third kappa shape index (κ3) is 2.31. The number of Topliss-reactive ketones (excluding diaryl/α,β-unsaturated/α-hetero) is 1. The predicted molar refractivity (Wildman–Crippen MR) is 35.0 cm³/mol. The van der Waals surface area contributed by atoms with E-state index in [0.717, 1.165) is 14.2 Å². The van der Waals surface area contributed by atoms with E-state index >= 15 is 0 Å². The van der Waals surface area contributed by atoms with E-state index in [1.165, 1.54) is 0 Å². The Hall–Kier alpha value is -1.43. The van der Waals surface area contributed by atoms with Gasteiger partial charge in [-0.2, -0.15) is 0 Å². The van der Waals surface area contributed by atoms with E-state index in [2.05, 4.69) is 9.47 Å². The topological polar surface area (TPSA) is 89.9 Å². The van der Waals surface area contributed by atoms with Gasteiger partial charge in [-0.3, -0.25) is 4.79 Å². The molecule has 0 spiro atoms. The highest BCUT2D eigenvalue weighted by atomic mass is 16.5. The molecule has 0 aromatic carbocycles. The normalized spacial score (nSPS) is 11.6. The first-order chi connectivity index (χ1) is 5.54. The van der Waals surface area contributed by atoms with E-state index in [4.69, 9.17) is 5.11 Å². The molecule has 0 bridgehead atoms. The maximum absolute atomic E-state index is 10.6. The minimum absolute atomic E-state index is 0.963. The van der Waals surface area contributed by atoms with Crippen molar-refractivity contribution in [3.05, 3.63) is 0 Å². The number of esters is 2. The average Bonchev–Trinajstić information content (AvgIpc) is 2.12.